The van der Waals surface area contributed by atoms with Crippen molar-refractivity contribution in [3.63, 3.8) is 0 Å². The smallest absolute Gasteiger partial charge is 0.407 e. The van der Waals surface area contributed by atoms with Crippen LogP contribution in [-0.2, 0) is 6.42 Å². The summed E-state index contributed by atoms with van der Waals surface area (Å²) in [4.78, 5) is 18.7. The van der Waals surface area contributed by atoms with E-state index in [0.29, 0.717) is 12.1 Å². The molecule has 2 atom stereocenters. The van der Waals surface area contributed by atoms with Crippen LogP contribution in [0.3, 0.4) is 0 Å². The first kappa shape index (κ1) is 19.4. The number of carbonyl (C=O) groups is 1. The fraction of sp³-hybridized carbons (Fsp3) is 0.647. The predicted octanol–water partition coefficient (Wildman–Crippen LogP) is 1.33. The van der Waals surface area contributed by atoms with E-state index in [1.807, 2.05) is 25.7 Å². The summed E-state index contributed by atoms with van der Waals surface area (Å²) in [5, 5.41) is 27.6. The van der Waals surface area contributed by atoms with Crippen molar-refractivity contribution < 1.29 is 24.5 Å². The van der Waals surface area contributed by atoms with Crippen molar-refractivity contribution in [1.29, 1.82) is 0 Å². The molecule has 0 spiro atoms. The van der Waals surface area contributed by atoms with Crippen LogP contribution in [0.25, 0.3) is 0 Å². The van der Waals surface area contributed by atoms with Crippen LogP contribution < -0.4 is 4.90 Å². The average Bonchev–Trinajstić information content (AvgIpc) is 2.53. The third-order valence-corrected chi connectivity index (χ3v) is 4.48. The Bertz CT molecular complexity index is 620. The summed E-state index contributed by atoms with van der Waals surface area (Å²) in [6.07, 6.45) is -0.319. The lowest BCUT2D eigenvalue weighted by Crippen LogP contribution is -2.59. The lowest BCUT2D eigenvalue weighted by Gasteiger charge is -2.47. The highest BCUT2D eigenvalue weighted by Gasteiger charge is 2.38. The summed E-state index contributed by atoms with van der Waals surface area (Å²) >= 11 is 0. The van der Waals surface area contributed by atoms with Gasteiger partial charge in [-0.1, -0.05) is 20.8 Å². The Kier molecular flexibility index (Phi) is 5.84. The molecule has 0 radical (unpaired) electrons. The molecule has 1 saturated heterocycles. The van der Waals surface area contributed by atoms with Gasteiger partial charge in [-0.25, -0.2) is 14.2 Å². The molecule has 140 valence electrons. The molecule has 3 N–H and O–H groups in total. The molecule has 0 saturated carbocycles. The molecule has 0 aliphatic carbocycles. The first-order chi connectivity index (χ1) is 11.6. The average molecular weight is 355 g/mol. The first-order valence-electron chi connectivity index (χ1n) is 8.31. The summed E-state index contributed by atoms with van der Waals surface area (Å²) in [6.45, 7) is 6.49. The number of rotatable bonds is 4. The Balaban J connectivity index is 2.27. The Morgan fingerprint density at radius 1 is 1.44 bits per heavy atom. The second-order valence-electron chi connectivity index (χ2n) is 7.49. The Morgan fingerprint density at radius 3 is 2.64 bits per heavy atom. The van der Waals surface area contributed by atoms with Gasteiger partial charge in [-0.2, -0.15) is 0 Å². The van der Waals surface area contributed by atoms with Gasteiger partial charge in [-0.05, 0) is 17.0 Å². The number of anilines is 1. The van der Waals surface area contributed by atoms with Crippen molar-refractivity contribution >= 4 is 11.9 Å². The molecule has 1 fully saturated rings. The molecule has 7 nitrogen and oxygen atoms in total. The highest BCUT2D eigenvalue weighted by molar-refractivity contribution is 5.65. The molecule has 0 bridgehead atoms. The maximum absolute atomic E-state index is 14.6. The van der Waals surface area contributed by atoms with E-state index in [0.717, 1.165) is 0 Å². The van der Waals surface area contributed by atoms with Gasteiger partial charge in [-0.3, -0.25) is 0 Å². The van der Waals surface area contributed by atoms with E-state index >= 15 is 0 Å². The zero-order valence-corrected chi connectivity index (χ0v) is 14.8. The number of halogens is 1. The van der Waals surface area contributed by atoms with Crippen LogP contribution in [0.1, 0.15) is 26.3 Å². The summed E-state index contributed by atoms with van der Waals surface area (Å²) in [5.41, 5.74) is 0.229. The van der Waals surface area contributed by atoms with Gasteiger partial charge in [0, 0.05) is 32.3 Å². The molecule has 1 amide bonds. The number of carboxylic acid groups (broad SMARTS) is 1. The normalized spacial score (nSPS) is 19.8. The third-order valence-electron chi connectivity index (χ3n) is 4.48. The van der Waals surface area contributed by atoms with Gasteiger partial charge >= 0.3 is 6.09 Å². The van der Waals surface area contributed by atoms with E-state index in [1.54, 1.807) is 0 Å². The largest absolute Gasteiger partial charge is 0.465 e. The zero-order chi connectivity index (χ0) is 18.8. The molecule has 2 heterocycles. The van der Waals surface area contributed by atoms with Crippen LogP contribution in [0, 0.1) is 11.2 Å². The highest BCUT2D eigenvalue weighted by atomic mass is 19.1. The van der Waals surface area contributed by atoms with Gasteiger partial charge in [0.05, 0.1) is 18.8 Å². The minimum atomic E-state index is -0.976. The van der Waals surface area contributed by atoms with E-state index in [2.05, 4.69) is 4.98 Å². The quantitative estimate of drug-likeness (QED) is 0.754. The monoisotopic (exact) mass is 355 g/mol. The zero-order valence-electron chi connectivity index (χ0n) is 14.8. The third kappa shape index (κ3) is 4.58. The summed E-state index contributed by atoms with van der Waals surface area (Å²) in [7, 11) is 0. The molecular weight excluding hydrogens is 329 g/mol. The summed E-state index contributed by atoms with van der Waals surface area (Å²) in [5.74, 6) is -0.326. The molecule has 1 aromatic heterocycles. The molecule has 0 aromatic carbocycles. The van der Waals surface area contributed by atoms with E-state index < -0.39 is 24.6 Å². The van der Waals surface area contributed by atoms with Crippen LogP contribution in [0.4, 0.5) is 15.0 Å². The maximum atomic E-state index is 14.6. The number of piperazine rings is 1. The number of aromatic nitrogens is 1. The minimum absolute atomic E-state index is 0.121. The van der Waals surface area contributed by atoms with E-state index in [1.165, 1.54) is 17.2 Å². The Morgan fingerprint density at radius 2 is 2.12 bits per heavy atom. The van der Waals surface area contributed by atoms with Gasteiger partial charge in [0.25, 0.3) is 0 Å². The fourth-order valence-corrected chi connectivity index (χ4v) is 3.08. The molecule has 8 heteroatoms. The number of aliphatic hydroxyl groups excluding tert-OH is 2. The van der Waals surface area contributed by atoms with Crippen molar-refractivity contribution in [2.75, 3.05) is 31.1 Å². The highest BCUT2D eigenvalue weighted by Crippen LogP contribution is 2.32. The number of hydrogen-bond donors (Lipinski definition) is 3. The molecule has 1 aliphatic heterocycles. The number of nitrogens with zero attached hydrogens (tertiary/aromatic N) is 3. The van der Waals surface area contributed by atoms with Crippen LogP contribution in [-0.4, -0.2) is 69.7 Å². The van der Waals surface area contributed by atoms with E-state index in [4.69, 9.17) is 5.11 Å². The Hall–Kier alpha value is -1.93. The van der Waals surface area contributed by atoms with Crippen molar-refractivity contribution in [3.8, 4) is 0 Å². The van der Waals surface area contributed by atoms with Crippen LogP contribution in [0.2, 0.25) is 0 Å². The lowest BCUT2D eigenvalue weighted by atomic mass is 9.84. The number of amides is 1. The van der Waals surface area contributed by atoms with Gasteiger partial charge in [0.1, 0.15) is 0 Å². The SMILES string of the molecule is CC(C)(C)C1CN(C(=O)O)CCN1c1ncc(CC(O)CO)cc1F. The van der Waals surface area contributed by atoms with E-state index in [9.17, 15) is 19.4 Å². The number of aliphatic hydroxyl groups is 2. The van der Waals surface area contributed by atoms with Gasteiger partial charge in [-0.15, -0.1) is 0 Å². The van der Waals surface area contributed by atoms with Crippen molar-refractivity contribution in [2.24, 2.45) is 5.41 Å². The molecule has 1 aliphatic rings. The molecule has 25 heavy (non-hydrogen) atoms. The maximum Gasteiger partial charge on any atom is 0.407 e. The van der Waals surface area contributed by atoms with Crippen molar-refractivity contribution in [1.82, 2.24) is 9.88 Å². The number of hydrogen-bond acceptors (Lipinski definition) is 5. The summed E-state index contributed by atoms with van der Waals surface area (Å²) in [6, 6.07) is 1.10. The molecular formula is C17H26FN3O4. The fourth-order valence-electron chi connectivity index (χ4n) is 3.08. The first-order valence-corrected chi connectivity index (χ1v) is 8.31. The molecule has 2 unspecified atom stereocenters. The van der Waals surface area contributed by atoms with Crippen LogP contribution in [0.15, 0.2) is 12.3 Å². The van der Waals surface area contributed by atoms with Gasteiger partial charge < -0.3 is 25.1 Å². The molecule has 1 aromatic rings. The second-order valence-corrected chi connectivity index (χ2v) is 7.49. The van der Waals surface area contributed by atoms with Crippen LogP contribution >= 0.6 is 0 Å². The lowest BCUT2D eigenvalue weighted by molar-refractivity contribution is 0.0954. The predicted molar refractivity (Wildman–Crippen MR) is 91.2 cm³/mol. The molecule has 2 rings (SSSR count). The Labute approximate surface area is 146 Å². The van der Waals surface area contributed by atoms with Crippen molar-refractivity contribution in [2.45, 2.75) is 39.3 Å². The van der Waals surface area contributed by atoms with Crippen LogP contribution in [0.5, 0.6) is 0 Å². The van der Waals surface area contributed by atoms with Gasteiger partial charge in [0.15, 0.2) is 11.6 Å². The van der Waals surface area contributed by atoms with Gasteiger partial charge in [0.2, 0.25) is 0 Å². The minimum Gasteiger partial charge on any atom is -0.465 e. The standard InChI is InChI=1S/C17H26FN3O4/c1-17(2,3)14-9-20(16(24)25)4-5-21(14)15-13(18)7-11(8-19-15)6-12(23)10-22/h7-8,12,14,22-23H,4-6,9-10H2,1-3H3,(H,24,25). The van der Waals surface area contributed by atoms with Crippen molar-refractivity contribution in [3.05, 3.63) is 23.6 Å². The second kappa shape index (κ2) is 7.53. The number of pyridine rings is 1. The summed E-state index contributed by atoms with van der Waals surface area (Å²) < 4.78 is 14.6. The topological polar surface area (TPSA) is 97.1 Å². The van der Waals surface area contributed by atoms with E-state index in [-0.39, 0.29) is 36.8 Å².